The normalized spacial score (nSPS) is 37.3. The van der Waals surface area contributed by atoms with E-state index in [4.69, 9.17) is 4.74 Å². The Balaban J connectivity index is 1.79. The molecule has 5 nitrogen and oxygen atoms in total. The summed E-state index contributed by atoms with van der Waals surface area (Å²) in [4.78, 5) is 13.5. The molecule has 5 heteroatoms. The van der Waals surface area contributed by atoms with Crippen LogP contribution in [0.3, 0.4) is 0 Å². The molecular weight excluding hydrogens is 198 g/mol. The molecule has 0 aromatic carbocycles. The summed E-state index contributed by atoms with van der Waals surface area (Å²) in [5.74, 6) is 0.175. The Hall–Kier alpha value is -0.490. The van der Waals surface area contributed by atoms with Crippen molar-refractivity contribution >= 4 is 5.78 Å². The number of hydrogen-bond acceptors (Lipinski definition) is 5. The monoisotopic (exact) mass is 215 g/mol. The van der Waals surface area contributed by atoms with E-state index in [0.29, 0.717) is 32.8 Å². The Morgan fingerprint density at radius 2 is 2.00 bits per heavy atom. The van der Waals surface area contributed by atoms with E-state index >= 15 is 0 Å². The summed E-state index contributed by atoms with van der Waals surface area (Å²) < 4.78 is 5.15. The Kier molecular flexibility index (Phi) is 3.35. The van der Waals surface area contributed by atoms with Gasteiger partial charge in [-0.05, 0) is 6.42 Å². The number of carbonyl (C=O) groups is 1. The van der Waals surface area contributed by atoms with Gasteiger partial charge in [-0.1, -0.05) is 0 Å². The molecule has 15 heavy (non-hydrogen) atoms. The van der Waals surface area contributed by atoms with Gasteiger partial charge in [0.25, 0.3) is 0 Å². The van der Waals surface area contributed by atoms with Gasteiger partial charge in [0.2, 0.25) is 0 Å². The molecule has 2 N–H and O–H groups in total. The minimum absolute atomic E-state index is 0.0138. The van der Waals surface area contributed by atoms with Crippen LogP contribution in [-0.2, 0) is 9.53 Å². The number of hydrogen-bond donors (Lipinski definition) is 2. The van der Waals surface area contributed by atoms with Gasteiger partial charge in [0.15, 0.2) is 5.78 Å². The Morgan fingerprint density at radius 3 is 2.53 bits per heavy atom. The highest BCUT2D eigenvalue weighted by molar-refractivity contribution is 5.83. The minimum Gasteiger partial charge on any atom is -0.389 e. The standard InChI is InChI=1S/C10H17NO4/c12-8(7-1-2-15-6-7)3-11-4-9(13)10(14)5-11/h7,9-10,13-14H,1-6H2. The van der Waals surface area contributed by atoms with E-state index in [2.05, 4.69) is 0 Å². The highest BCUT2D eigenvalue weighted by Gasteiger charge is 2.32. The fourth-order valence-corrected chi connectivity index (χ4v) is 2.11. The molecule has 0 aromatic heterocycles. The summed E-state index contributed by atoms with van der Waals surface area (Å²) in [5, 5.41) is 18.6. The van der Waals surface area contributed by atoms with Gasteiger partial charge in [-0.15, -0.1) is 0 Å². The van der Waals surface area contributed by atoms with Gasteiger partial charge >= 0.3 is 0 Å². The molecule has 2 heterocycles. The summed E-state index contributed by atoms with van der Waals surface area (Å²) in [6, 6.07) is 0. The molecule has 2 aliphatic heterocycles. The van der Waals surface area contributed by atoms with E-state index in [1.54, 1.807) is 4.90 Å². The Labute approximate surface area is 88.6 Å². The van der Waals surface area contributed by atoms with E-state index in [0.717, 1.165) is 6.42 Å². The predicted octanol–water partition coefficient (Wildman–Crippen LogP) is -1.37. The first-order chi connectivity index (χ1) is 7.16. The van der Waals surface area contributed by atoms with Crippen LogP contribution in [0.1, 0.15) is 6.42 Å². The molecule has 3 atom stereocenters. The third-order valence-electron chi connectivity index (χ3n) is 3.10. The van der Waals surface area contributed by atoms with E-state index < -0.39 is 12.2 Å². The number of nitrogens with zero attached hydrogens (tertiary/aromatic N) is 1. The zero-order chi connectivity index (χ0) is 10.8. The van der Waals surface area contributed by atoms with Crippen LogP contribution in [-0.4, -0.2) is 66.0 Å². The molecule has 0 radical (unpaired) electrons. The maximum atomic E-state index is 11.7. The first-order valence-corrected chi connectivity index (χ1v) is 5.36. The van der Waals surface area contributed by atoms with Crippen molar-refractivity contribution in [3.8, 4) is 0 Å². The number of ketones is 1. The zero-order valence-electron chi connectivity index (χ0n) is 8.63. The molecule has 2 saturated heterocycles. The number of likely N-dealkylation sites (tertiary alicyclic amines) is 1. The summed E-state index contributed by atoms with van der Waals surface area (Å²) in [7, 11) is 0. The van der Waals surface area contributed by atoms with Crippen molar-refractivity contribution in [1.29, 1.82) is 0 Å². The second-order valence-corrected chi connectivity index (χ2v) is 4.36. The molecule has 0 spiro atoms. The summed E-state index contributed by atoms with van der Waals surface area (Å²) in [6.07, 6.45) is -0.618. The molecule has 2 fully saturated rings. The smallest absolute Gasteiger partial charge is 0.152 e. The van der Waals surface area contributed by atoms with Crippen LogP contribution < -0.4 is 0 Å². The van der Waals surface area contributed by atoms with Crippen molar-refractivity contribution in [2.75, 3.05) is 32.8 Å². The fourth-order valence-electron chi connectivity index (χ4n) is 2.11. The first-order valence-electron chi connectivity index (χ1n) is 5.36. The molecule has 0 aliphatic carbocycles. The lowest BCUT2D eigenvalue weighted by molar-refractivity contribution is -0.123. The van der Waals surface area contributed by atoms with Gasteiger partial charge in [-0.25, -0.2) is 0 Å². The molecule has 0 saturated carbocycles. The van der Waals surface area contributed by atoms with Crippen molar-refractivity contribution in [3.05, 3.63) is 0 Å². The topological polar surface area (TPSA) is 70.0 Å². The van der Waals surface area contributed by atoms with Crippen molar-refractivity contribution in [2.45, 2.75) is 18.6 Å². The molecule has 86 valence electrons. The number of Topliss-reactive ketones (excluding diaryl/α,β-unsaturated/α-hetero) is 1. The molecule has 0 aromatic rings. The maximum absolute atomic E-state index is 11.7. The van der Waals surface area contributed by atoms with Crippen LogP contribution in [0.2, 0.25) is 0 Å². The number of rotatable bonds is 3. The largest absolute Gasteiger partial charge is 0.389 e. The van der Waals surface area contributed by atoms with E-state index in [9.17, 15) is 15.0 Å². The molecule has 0 bridgehead atoms. The van der Waals surface area contributed by atoms with Crippen molar-refractivity contribution in [1.82, 2.24) is 4.90 Å². The van der Waals surface area contributed by atoms with Crippen LogP contribution in [0.15, 0.2) is 0 Å². The Bertz CT molecular complexity index is 230. The van der Waals surface area contributed by atoms with Crippen LogP contribution in [0.5, 0.6) is 0 Å². The number of ether oxygens (including phenoxy) is 1. The average molecular weight is 215 g/mol. The van der Waals surface area contributed by atoms with E-state index in [1.807, 2.05) is 0 Å². The third-order valence-corrected chi connectivity index (χ3v) is 3.10. The molecule has 3 unspecified atom stereocenters. The first kappa shape index (κ1) is 11.0. The number of aliphatic hydroxyl groups excluding tert-OH is 2. The van der Waals surface area contributed by atoms with Gasteiger partial charge in [-0.3, -0.25) is 9.69 Å². The van der Waals surface area contributed by atoms with Gasteiger partial charge in [0.05, 0.1) is 25.4 Å². The van der Waals surface area contributed by atoms with Crippen molar-refractivity contribution in [2.24, 2.45) is 5.92 Å². The van der Waals surface area contributed by atoms with Gasteiger partial charge < -0.3 is 14.9 Å². The molecule has 2 aliphatic rings. The lowest BCUT2D eigenvalue weighted by atomic mass is 10.0. The van der Waals surface area contributed by atoms with Crippen molar-refractivity contribution < 1.29 is 19.7 Å². The lowest BCUT2D eigenvalue weighted by Crippen LogP contribution is -2.32. The predicted molar refractivity (Wildman–Crippen MR) is 52.4 cm³/mol. The average Bonchev–Trinajstić information content (AvgIpc) is 2.77. The highest BCUT2D eigenvalue weighted by Crippen LogP contribution is 2.16. The quantitative estimate of drug-likeness (QED) is 0.608. The fraction of sp³-hybridized carbons (Fsp3) is 0.900. The Morgan fingerprint density at radius 1 is 1.33 bits per heavy atom. The summed E-state index contributed by atoms with van der Waals surface area (Å²) in [5.41, 5.74) is 0. The third kappa shape index (κ3) is 2.55. The second kappa shape index (κ2) is 4.57. The molecular formula is C10H17NO4. The summed E-state index contributed by atoms with van der Waals surface area (Å²) in [6.45, 7) is 2.29. The van der Waals surface area contributed by atoms with Gasteiger partial charge in [-0.2, -0.15) is 0 Å². The molecule has 0 amide bonds. The second-order valence-electron chi connectivity index (χ2n) is 4.36. The maximum Gasteiger partial charge on any atom is 0.152 e. The number of β-amino-alcohol motifs (C(OH)–C–C–N with tert-alkyl or cyclic N) is 2. The highest BCUT2D eigenvalue weighted by atomic mass is 16.5. The van der Waals surface area contributed by atoms with E-state index in [-0.39, 0.29) is 11.7 Å². The van der Waals surface area contributed by atoms with Crippen LogP contribution in [0.25, 0.3) is 0 Å². The number of aliphatic hydroxyl groups is 2. The minimum atomic E-state index is -0.711. The SMILES string of the molecule is O=C(CN1CC(O)C(O)C1)C1CCOC1. The van der Waals surface area contributed by atoms with Crippen LogP contribution in [0.4, 0.5) is 0 Å². The van der Waals surface area contributed by atoms with E-state index in [1.165, 1.54) is 0 Å². The summed E-state index contributed by atoms with van der Waals surface area (Å²) >= 11 is 0. The van der Waals surface area contributed by atoms with Crippen LogP contribution >= 0.6 is 0 Å². The van der Waals surface area contributed by atoms with Gasteiger partial charge in [0.1, 0.15) is 0 Å². The van der Waals surface area contributed by atoms with Gasteiger partial charge in [0, 0.05) is 25.6 Å². The van der Waals surface area contributed by atoms with Crippen LogP contribution in [0, 0.1) is 5.92 Å². The zero-order valence-corrected chi connectivity index (χ0v) is 8.63. The van der Waals surface area contributed by atoms with Crippen molar-refractivity contribution in [3.63, 3.8) is 0 Å². The lowest BCUT2D eigenvalue weighted by Gasteiger charge is -2.15. The number of carbonyl (C=O) groups excluding carboxylic acids is 1. The molecule has 2 rings (SSSR count).